The molecule has 0 saturated carbocycles. The van der Waals surface area contributed by atoms with Crippen molar-refractivity contribution in [1.29, 1.82) is 0 Å². The Kier molecular flexibility index (Phi) is 5.91. The zero-order chi connectivity index (χ0) is 20.7. The number of piperidine rings is 1. The van der Waals surface area contributed by atoms with Crippen LogP contribution in [0.3, 0.4) is 0 Å². The molecule has 1 aliphatic heterocycles. The first-order valence-electron chi connectivity index (χ1n) is 10.2. The Labute approximate surface area is 173 Å². The van der Waals surface area contributed by atoms with Gasteiger partial charge in [-0.25, -0.2) is 4.98 Å². The van der Waals surface area contributed by atoms with Crippen LogP contribution in [-0.4, -0.2) is 39.3 Å². The number of phenols is 1. The molecule has 0 radical (unpaired) electrons. The van der Waals surface area contributed by atoms with Gasteiger partial charge in [0.15, 0.2) is 0 Å². The van der Waals surface area contributed by atoms with Crippen molar-refractivity contribution in [1.82, 2.24) is 9.88 Å². The molecule has 2 N–H and O–H groups in total. The molecule has 1 atom stereocenters. The number of hydrogen-bond acceptors (Lipinski definition) is 5. The predicted molar refractivity (Wildman–Crippen MR) is 117 cm³/mol. The molecular formula is C23H34N2O2S. The Morgan fingerprint density at radius 3 is 2.25 bits per heavy atom. The van der Waals surface area contributed by atoms with Crippen molar-refractivity contribution >= 4 is 11.3 Å². The summed E-state index contributed by atoms with van der Waals surface area (Å²) in [5.41, 5.74) is 3.65. The van der Waals surface area contributed by atoms with Crippen LogP contribution in [0.15, 0.2) is 17.5 Å². The number of phenolic OH excluding ortho intramolecular Hbond substituents is 1. The Morgan fingerprint density at radius 2 is 1.71 bits per heavy atom. The van der Waals surface area contributed by atoms with Gasteiger partial charge >= 0.3 is 0 Å². The third-order valence-corrected chi connectivity index (χ3v) is 6.25. The normalized spacial score (nSPS) is 19.2. The number of hydrogen-bond donors (Lipinski definition) is 2. The quantitative estimate of drug-likeness (QED) is 0.753. The molecule has 1 aromatic carbocycles. The largest absolute Gasteiger partial charge is 0.507 e. The smallest absolute Gasteiger partial charge is 0.123 e. The van der Waals surface area contributed by atoms with E-state index >= 15 is 0 Å². The minimum absolute atomic E-state index is 0.150. The first-order valence-corrected chi connectivity index (χ1v) is 11.1. The summed E-state index contributed by atoms with van der Waals surface area (Å²) < 4.78 is 0. The number of aromatic hydroxyl groups is 1. The zero-order valence-corrected chi connectivity index (χ0v) is 18.9. The summed E-state index contributed by atoms with van der Waals surface area (Å²) in [7, 11) is 0. The molecule has 1 aromatic heterocycles. The maximum absolute atomic E-state index is 10.9. The standard InChI is InChI=1S/C23H34N2O2S/c1-22(2,3)17-10-15(11-18(21(17)27)23(4,5)6)19-14-28-20(24-19)13-25-9-7-8-16(26)12-25/h10-11,14,16,26-27H,7-9,12-13H2,1-6H3/t16-/m0/s1. The van der Waals surface area contributed by atoms with E-state index in [2.05, 4.69) is 64.0 Å². The van der Waals surface area contributed by atoms with Gasteiger partial charge in [0, 0.05) is 28.6 Å². The van der Waals surface area contributed by atoms with Gasteiger partial charge in [-0.1, -0.05) is 41.5 Å². The predicted octanol–water partition coefficient (Wildman–Crippen LogP) is 5.07. The SMILES string of the molecule is CC(C)(C)c1cc(-c2csc(CN3CCC[C@H](O)C3)n2)cc(C(C)(C)C)c1O. The van der Waals surface area contributed by atoms with Crippen molar-refractivity contribution in [2.75, 3.05) is 13.1 Å². The monoisotopic (exact) mass is 402 g/mol. The summed E-state index contributed by atoms with van der Waals surface area (Å²) in [5.74, 6) is 0.404. The molecule has 1 saturated heterocycles. The van der Waals surface area contributed by atoms with E-state index in [1.54, 1.807) is 11.3 Å². The summed E-state index contributed by atoms with van der Waals surface area (Å²) in [4.78, 5) is 7.18. The fourth-order valence-corrected chi connectivity index (χ4v) is 4.65. The summed E-state index contributed by atoms with van der Waals surface area (Å²) >= 11 is 1.67. The van der Waals surface area contributed by atoms with Gasteiger partial charge in [0.25, 0.3) is 0 Å². The topological polar surface area (TPSA) is 56.6 Å². The number of benzene rings is 1. The molecule has 0 amide bonds. The van der Waals surface area contributed by atoms with Crippen molar-refractivity contribution in [2.24, 2.45) is 0 Å². The molecule has 28 heavy (non-hydrogen) atoms. The molecule has 1 fully saturated rings. The molecule has 5 heteroatoms. The third kappa shape index (κ3) is 4.76. The molecule has 2 heterocycles. The van der Waals surface area contributed by atoms with Gasteiger partial charge in [0.05, 0.1) is 18.3 Å². The zero-order valence-electron chi connectivity index (χ0n) is 18.0. The second kappa shape index (κ2) is 7.77. The maximum Gasteiger partial charge on any atom is 0.123 e. The summed E-state index contributed by atoms with van der Waals surface area (Å²) in [6.07, 6.45) is 1.73. The molecular weight excluding hydrogens is 368 g/mol. The van der Waals surface area contributed by atoms with Gasteiger partial charge in [0.2, 0.25) is 0 Å². The summed E-state index contributed by atoms with van der Waals surface area (Å²) in [6.45, 7) is 15.3. The van der Waals surface area contributed by atoms with Crippen LogP contribution in [0.5, 0.6) is 5.75 Å². The van der Waals surface area contributed by atoms with Crippen LogP contribution in [-0.2, 0) is 17.4 Å². The van der Waals surface area contributed by atoms with Gasteiger partial charge in [-0.2, -0.15) is 0 Å². The number of thiazole rings is 1. The van der Waals surface area contributed by atoms with Crippen molar-refractivity contribution in [3.63, 3.8) is 0 Å². The number of rotatable bonds is 3. The molecule has 4 nitrogen and oxygen atoms in total. The molecule has 0 bridgehead atoms. The van der Waals surface area contributed by atoms with Crippen LogP contribution in [0.2, 0.25) is 0 Å². The van der Waals surface area contributed by atoms with Gasteiger partial charge in [-0.15, -0.1) is 11.3 Å². The second-order valence-electron chi connectivity index (χ2n) is 10.1. The van der Waals surface area contributed by atoms with Crippen LogP contribution in [0, 0.1) is 0 Å². The van der Waals surface area contributed by atoms with E-state index in [9.17, 15) is 10.2 Å². The minimum Gasteiger partial charge on any atom is -0.507 e. The van der Waals surface area contributed by atoms with Gasteiger partial charge in [-0.05, 0) is 42.3 Å². The highest BCUT2D eigenvalue weighted by atomic mass is 32.1. The fraction of sp³-hybridized carbons (Fsp3) is 0.609. The number of aliphatic hydroxyl groups excluding tert-OH is 1. The average Bonchev–Trinajstić information content (AvgIpc) is 3.01. The number of likely N-dealkylation sites (tertiary alicyclic amines) is 1. The maximum atomic E-state index is 10.9. The van der Waals surface area contributed by atoms with E-state index in [-0.39, 0.29) is 16.9 Å². The van der Waals surface area contributed by atoms with Crippen LogP contribution in [0.1, 0.15) is 70.5 Å². The highest BCUT2D eigenvalue weighted by Gasteiger charge is 2.27. The Bertz CT molecular complexity index is 795. The molecule has 3 rings (SSSR count). The molecule has 0 aliphatic carbocycles. The van der Waals surface area contributed by atoms with E-state index in [4.69, 9.17) is 4.98 Å². The number of aromatic nitrogens is 1. The first kappa shape index (κ1) is 21.3. The van der Waals surface area contributed by atoms with Crippen molar-refractivity contribution in [3.8, 4) is 17.0 Å². The van der Waals surface area contributed by atoms with Crippen LogP contribution < -0.4 is 0 Å². The Morgan fingerprint density at radius 1 is 1.11 bits per heavy atom. The van der Waals surface area contributed by atoms with E-state index in [0.717, 1.165) is 59.9 Å². The molecule has 154 valence electrons. The third-order valence-electron chi connectivity index (χ3n) is 5.41. The molecule has 2 aromatic rings. The summed E-state index contributed by atoms with van der Waals surface area (Å²) in [6, 6.07) is 4.18. The van der Waals surface area contributed by atoms with Crippen LogP contribution in [0.25, 0.3) is 11.3 Å². The van der Waals surface area contributed by atoms with Crippen molar-refractivity contribution in [2.45, 2.75) is 77.9 Å². The van der Waals surface area contributed by atoms with Gasteiger partial charge < -0.3 is 10.2 Å². The lowest BCUT2D eigenvalue weighted by Crippen LogP contribution is -2.37. The van der Waals surface area contributed by atoms with Crippen LogP contribution in [0.4, 0.5) is 0 Å². The van der Waals surface area contributed by atoms with Crippen molar-refractivity contribution in [3.05, 3.63) is 33.6 Å². The molecule has 0 unspecified atom stereocenters. The lowest BCUT2D eigenvalue weighted by molar-refractivity contribution is 0.0668. The van der Waals surface area contributed by atoms with Crippen molar-refractivity contribution < 1.29 is 10.2 Å². The van der Waals surface area contributed by atoms with E-state index in [1.807, 2.05) is 0 Å². The highest BCUT2D eigenvalue weighted by Crippen LogP contribution is 2.42. The molecule has 0 spiro atoms. The van der Waals surface area contributed by atoms with E-state index < -0.39 is 0 Å². The van der Waals surface area contributed by atoms with E-state index in [1.165, 1.54) is 0 Å². The Hall–Kier alpha value is -1.43. The number of aliphatic hydroxyl groups is 1. The second-order valence-corrected chi connectivity index (χ2v) is 11.0. The number of nitrogens with zero attached hydrogens (tertiary/aromatic N) is 2. The van der Waals surface area contributed by atoms with Gasteiger partial charge in [-0.3, -0.25) is 4.90 Å². The Balaban J connectivity index is 1.94. The highest BCUT2D eigenvalue weighted by molar-refractivity contribution is 7.09. The van der Waals surface area contributed by atoms with Crippen LogP contribution >= 0.6 is 11.3 Å². The summed E-state index contributed by atoms with van der Waals surface area (Å²) in [5, 5.41) is 24.0. The minimum atomic E-state index is -0.214. The average molecular weight is 403 g/mol. The first-order chi connectivity index (χ1) is 12.9. The van der Waals surface area contributed by atoms with E-state index in [0.29, 0.717) is 5.75 Å². The van der Waals surface area contributed by atoms with Gasteiger partial charge in [0.1, 0.15) is 10.8 Å². The number of β-amino-alcohol motifs (C(OH)–C–C–N with tert-alkyl or cyclic N) is 1. The fourth-order valence-electron chi connectivity index (χ4n) is 3.81. The lowest BCUT2D eigenvalue weighted by Gasteiger charge is -2.29. The lowest BCUT2D eigenvalue weighted by atomic mass is 9.78. The molecule has 1 aliphatic rings.